The Hall–Kier alpha value is -2.35. The number of nitro benzene ring substituents is 1. The molecule has 0 aromatic heterocycles. The maximum Gasteiger partial charge on any atom is 0.283 e. The van der Waals surface area contributed by atoms with Crippen molar-refractivity contribution in [3.63, 3.8) is 0 Å². The predicted molar refractivity (Wildman–Crippen MR) is 101 cm³/mol. The summed E-state index contributed by atoms with van der Waals surface area (Å²) in [5.74, 6) is -0.606. The molecule has 0 saturated carbocycles. The largest absolute Gasteiger partial charge is 0.378 e. The van der Waals surface area contributed by atoms with E-state index in [1.807, 2.05) is 4.90 Å². The highest BCUT2D eigenvalue weighted by Gasteiger charge is 2.23. The lowest BCUT2D eigenvalue weighted by molar-refractivity contribution is -0.385. The van der Waals surface area contributed by atoms with Gasteiger partial charge in [-0.2, -0.15) is 0 Å². The molecule has 0 atom stereocenters. The molecule has 1 fully saturated rings. The van der Waals surface area contributed by atoms with Crippen molar-refractivity contribution in [2.24, 2.45) is 0 Å². The van der Waals surface area contributed by atoms with Gasteiger partial charge in [0.05, 0.1) is 34.5 Å². The van der Waals surface area contributed by atoms with E-state index in [0.29, 0.717) is 42.7 Å². The third kappa shape index (κ3) is 3.90. The molecule has 0 radical (unpaired) electrons. The summed E-state index contributed by atoms with van der Waals surface area (Å²) in [6, 6.07) is 9.05. The van der Waals surface area contributed by atoms with Crippen LogP contribution in [0.15, 0.2) is 36.4 Å². The Kier molecular flexibility index (Phi) is 5.61. The van der Waals surface area contributed by atoms with Crippen molar-refractivity contribution in [3.05, 3.63) is 62.1 Å². The van der Waals surface area contributed by atoms with Crippen molar-refractivity contribution in [1.82, 2.24) is 0 Å². The maximum atomic E-state index is 12.7. The molecule has 7 nitrogen and oxygen atoms in total. The Morgan fingerprint density at radius 3 is 2.62 bits per heavy atom. The molecular formula is C17H15Cl2N3O4. The van der Waals surface area contributed by atoms with E-state index in [2.05, 4.69) is 5.32 Å². The molecule has 1 saturated heterocycles. The van der Waals surface area contributed by atoms with E-state index in [1.54, 1.807) is 18.2 Å². The van der Waals surface area contributed by atoms with Crippen LogP contribution in [0.4, 0.5) is 17.1 Å². The zero-order valence-electron chi connectivity index (χ0n) is 13.6. The van der Waals surface area contributed by atoms with Crippen LogP contribution in [0.25, 0.3) is 0 Å². The van der Waals surface area contributed by atoms with Crippen LogP contribution in [-0.4, -0.2) is 37.1 Å². The second-order valence-electron chi connectivity index (χ2n) is 5.61. The first-order chi connectivity index (χ1) is 12.5. The smallest absolute Gasteiger partial charge is 0.283 e. The predicted octanol–water partition coefficient (Wildman–Crippen LogP) is 3.99. The Morgan fingerprint density at radius 2 is 1.92 bits per heavy atom. The van der Waals surface area contributed by atoms with Gasteiger partial charge in [0.25, 0.3) is 11.6 Å². The number of halogens is 2. The second-order valence-corrected chi connectivity index (χ2v) is 6.45. The van der Waals surface area contributed by atoms with Crippen molar-refractivity contribution in [2.75, 3.05) is 36.5 Å². The molecular weight excluding hydrogens is 381 g/mol. The molecule has 9 heteroatoms. The van der Waals surface area contributed by atoms with Gasteiger partial charge in [0.1, 0.15) is 5.56 Å². The number of hydrogen-bond acceptors (Lipinski definition) is 5. The average molecular weight is 396 g/mol. The Balaban J connectivity index is 1.93. The molecule has 1 aliphatic rings. The molecule has 0 spiro atoms. The summed E-state index contributed by atoms with van der Waals surface area (Å²) < 4.78 is 5.35. The molecule has 2 aromatic rings. The number of nitrogens with zero attached hydrogens (tertiary/aromatic N) is 2. The first-order valence-corrected chi connectivity index (χ1v) is 8.59. The zero-order chi connectivity index (χ0) is 18.7. The van der Waals surface area contributed by atoms with Crippen LogP contribution in [0.3, 0.4) is 0 Å². The average Bonchev–Trinajstić information content (AvgIpc) is 2.62. The molecule has 2 aromatic carbocycles. The van der Waals surface area contributed by atoms with Crippen LogP contribution in [0.5, 0.6) is 0 Å². The van der Waals surface area contributed by atoms with E-state index in [9.17, 15) is 14.9 Å². The highest BCUT2D eigenvalue weighted by Crippen LogP contribution is 2.35. The summed E-state index contributed by atoms with van der Waals surface area (Å²) in [7, 11) is 0. The molecule has 1 N–H and O–H groups in total. The molecule has 3 rings (SSSR count). The number of rotatable bonds is 4. The van der Waals surface area contributed by atoms with Gasteiger partial charge in [-0.1, -0.05) is 29.3 Å². The van der Waals surface area contributed by atoms with Crippen molar-refractivity contribution >= 4 is 46.2 Å². The molecule has 26 heavy (non-hydrogen) atoms. The number of carbonyl (C=O) groups excluding carboxylic acids is 1. The fourth-order valence-electron chi connectivity index (χ4n) is 2.76. The molecule has 0 aliphatic carbocycles. The molecule has 0 bridgehead atoms. The summed E-state index contributed by atoms with van der Waals surface area (Å²) in [6.07, 6.45) is 0. The van der Waals surface area contributed by atoms with Gasteiger partial charge in [0.2, 0.25) is 0 Å². The van der Waals surface area contributed by atoms with Gasteiger partial charge < -0.3 is 15.0 Å². The topological polar surface area (TPSA) is 84.7 Å². The fraction of sp³-hybridized carbons (Fsp3) is 0.235. The first kappa shape index (κ1) is 18.4. The van der Waals surface area contributed by atoms with Gasteiger partial charge in [-0.15, -0.1) is 0 Å². The number of amides is 1. The molecule has 1 aliphatic heterocycles. The SMILES string of the molecule is O=C(Nc1cccc(Cl)c1N1CCOCC1)c1ccc(Cl)cc1[N+](=O)[O-]. The molecule has 1 heterocycles. The van der Waals surface area contributed by atoms with Crippen molar-refractivity contribution < 1.29 is 14.5 Å². The van der Waals surface area contributed by atoms with Gasteiger partial charge >= 0.3 is 0 Å². The quantitative estimate of drug-likeness (QED) is 0.624. The van der Waals surface area contributed by atoms with E-state index in [0.717, 1.165) is 6.07 Å². The number of para-hydroxylation sites is 1. The van der Waals surface area contributed by atoms with E-state index >= 15 is 0 Å². The minimum absolute atomic E-state index is 0.0766. The van der Waals surface area contributed by atoms with Crippen LogP contribution in [-0.2, 0) is 4.74 Å². The Labute approximate surface area is 159 Å². The Morgan fingerprint density at radius 1 is 1.19 bits per heavy atom. The van der Waals surface area contributed by atoms with Gasteiger partial charge in [-0.05, 0) is 24.3 Å². The Bertz CT molecular complexity index is 854. The maximum absolute atomic E-state index is 12.7. The number of hydrogen-bond donors (Lipinski definition) is 1. The lowest BCUT2D eigenvalue weighted by Crippen LogP contribution is -2.37. The van der Waals surface area contributed by atoms with E-state index in [-0.39, 0.29) is 16.3 Å². The standard InChI is InChI=1S/C17H15Cl2N3O4/c18-11-4-5-12(15(10-11)22(24)25)17(23)20-14-3-1-2-13(19)16(14)21-6-8-26-9-7-21/h1-5,10H,6-9H2,(H,20,23). The summed E-state index contributed by atoms with van der Waals surface area (Å²) in [6.45, 7) is 2.38. The summed E-state index contributed by atoms with van der Waals surface area (Å²) in [4.78, 5) is 25.2. The van der Waals surface area contributed by atoms with Crippen LogP contribution in [0, 0.1) is 10.1 Å². The number of carbonyl (C=O) groups is 1. The number of nitrogens with one attached hydrogen (secondary N) is 1. The number of anilines is 2. The minimum Gasteiger partial charge on any atom is -0.378 e. The van der Waals surface area contributed by atoms with E-state index in [1.165, 1.54) is 12.1 Å². The lowest BCUT2D eigenvalue weighted by atomic mass is 10.1. The molecule has 136 valence electrons. The highest BCUT2D eigenvalue weighted by molar-refractivity contribution is 6.34. The third-order valence-corrected chi connectivity index (χ3v) is 4.50. The van der Waals surface area contributed by atoms with E-state index < -0.39 is 10.8 Å². The zero-order valence-corrected chi connectivity index (χ0v) is 15.1. The van der Waals surface area contributed by atoms with Crippen molar-refractivity contribution in [1.29, 1.82) is 0 Å². The number of ether oxygens (including phenoxy) is 1. The summed E-state index contributed by atoms with van der Waals surface area (Å²) >= 11 is 12.1. The van der Waals surface area contributed by atoms with E-state index in [4.69, 9.17) is 27.9 Å². The van der Waals surface area contributed by atoms with Crippen molar-refractivity contribution in [3.8, 4) is 0 Å². The van der Waals surface area contributed by atoms with Crippen LogP contribution >= 0.6 is 23.2 Å². The van der Waals surface area contributed by atoms with Crippen LogP contribution in [0.1, 0.15) is 10.4 Å². The monoisotopic (exact) mass is 395 g/mol. The highest BCUT2D eigenvalue weighted by atomic mass is 35.5. The molecule has 0 unspecified atom stereocenters. The normalized spacial score (nSPS) is 14.2. The summed E-state index contributed by atoms with van der Waals surface area (Å²) in [5.41, 5.74) is 0.716. The van der Waals surface area contributed by atoms with Gasteiger partial charge in [-0.25, -0.2) is 0 Å². The molecule has 1 amide bonds. The first-order valence-electron chi connectivity index (χ1n) is 7.84. The number of morpholine rings is 1. The summed E-state index contributed by atoms with van der Waals surface area (Å²) in [5, 5.41) is 14.6. The van der Waals surface area contributed by atoms with Gasteiger partial charge in [0.15, 0.2) is 0 Å². The van der Waals surface area contributed by atoms with Crippen LogP contribution < -0.4 is 10.2 Å². The second kappa shape index (κ2) is 7.90. The third-order valence-electron chi connectivity index (χ3n) is 3.96. The number of nitro groups is 1. The van der Waals surface area contributed by atoms with Gasteiger partial charge in [-0.3, -0.25) is 14.9 Å². The lowest BCUT2D eigenvalue weighted by Gasteiger charge is -2.31. The fourth-order valence-corrected chi connectivity index (χ4v) is 3.22. The van der Waals surface area contributed by atoms with Crippen LogP contribution in [0.2, 0.25) is 10.0 Å². The number of benzene rings is 2. The minimum atomic E-state index is -0.637. The van der Waals surface area contributed by atoms with Gasteiger partial charge in [0, 0.05) is 24.2 Å². The van der Waals surface area contributed by atoms with Crippen molar-refractivity contribution in [2.45, 2.75) is 0 Å².